The second-order valence-electron chi connectivity index (χ2n) is 5.41. The van der Waals surface area contributed by atoms with Crippen LogP contribution in [0.4, 0.5) is 0 Å². The molecule has 1 saturated heterocycles. The van der Waals surface area contributed by atoms with E-state index in [1.165, 1.54) is 5.56 Å². The molecule has 0 spiro atoms. The largest absolute Gasteiger partial charge is 0.378 e. The van der Waals surface area contributed by atoms with Crippen LogP contribution in [0.1, 0.15) is 25.5 Å². The van der Waals surface area contributed by atoms with Crippen molar-refractivity contribution in [2.45, 2.75) is 19.9 Å². The fraction of sp³-hybridized carbons (Fsp3) is 0.625. The molecular formula is C16H25N3O3S. The lowest BCUT2D eigenvalue weighted by Gasteiger charge is -2.30. The highest BCUT2D eigenvalue weighted by Gasteiger charge is 2.25. The van der Waals surface area contributed by atoms with E-state index in [0.717, 1.165) is 13.1 Å². The molecule has 0 radical (unpaired) electrons. The Hall–Kier alpha value is -1.44. The van der Waals surface area contributed by atoms with Crippen LogP contribution in [0, 0.1) is 0 Å². The van der Waals surface area contributed by atoms with Crippen molar-refractivity contribution in [2.75, 3.05) is 45.9 Å². The Bertz CT molecular complexity index is 497. The van der Waals surface area contributed by atoms with Gasteiger partial charge in [-0.15, -0.1) is 0 Å². The van der Waals surface area contributed by atoms with Crippen molar-refractivity contribution in [3.63, 3.8) is 0 Å². The molecule has 2 amide bonds. The number of ether oxygens (including phenoxy) is 1. The molecule has 1 atom stereocenters. The van der Waals surface area contributed by atoms with E-state index in [1.54, 1.807) is 16.2 Å². The molecular weight excluding hydrogens is 314 g/mol. The maximum atomic E-state index is 12.2. The highest BCUT2D eigenvalue weighted by Crippen LogP contribution is 2.22. The van der Waals surface area contributed by atoms with Crippen LogP contribution in [0.5, 0.6) is 0 Å². The van der Waals surface area contributed by atoms with Crippen LogP contribution in [-0.2, 0) is 14.3 Å². The smallest absolute Gasteiger partial charge is 0.312 e. The summed E-state index contributed by atoms with van der Waals surface area (Å²) in [6, 6.07) is 2.17. The Labute approximate surface area is 141 Å². The third-order valence-electron chi connectivity index (χ3n) is 4.13. The number of nitrogens with zero attached hydrogens (tertiary/aromatic N) is 2. The number of likely N-dealkylation sites (N-methyl/N-ethyl adjacent to an activating group) is 1. The first-order valence-corrected chi connectivity index (χ1v) is 9.02. The molecule has 2 heterocycles. The summed E-state index contributed by atoms with van der Waals surface area (Å²) < 4.78 is 5.21. The number of amides is 2. The molecule has 0 aromatic carbocycles. The van der Waals surface area contributed by atoms with Gasteiger partial charge < -0.3 is 15.0 Å². The maximum Gasteiger partial charge on any atom is 0.312 e. The molecule has 7 heteroatoms. The van der Waals surface area contributed by atoms with E-state index in [0.29, 0.717) is 32.8 Å². The van der Waals surface area contributed by atoms with Crippen molar-refractivity contribution in [3.8, 4) is 0 Å². The number of nitrogens with one attached hydrogen (secondary N) is 1. The van der Waals surface area contributed by atoms with Crippen molar-refractivity contribution < 1.29 is 14.3 Å². The Morgan fingerprint density at radius 1 is 1.35 bits per heavy atom. The van der Waals surface area contributed by atoms with Crippen molar-refractivity contribution in [1.29, 1.82) is 0 Å². The maximum absolute atomic E-state index is 12.2. The molecule has 23 heavy (non-hydrogen) atoms. The van der Waals surface area contributed by atoms with Crippen LogP contribution in [-0.4, -0.2) is 67.6 Å². The van der Waals surface area contributed by atoms with Gasteiger partial charge in [0.1, 0.15) is 0 Å². The first kappa shape index (κ1) is 17.9. The molecule has 0 unspecified atom stereocenters. The Kier molecular flexibility index (Phi) is 7.01. The van der Waals surface area contributed by atoms with Gasteiger partial charge in [0.15, 0.2) is 0 Å². The number of rotatable bonds is 6. The van der Waals surface area contributed by atoms with Crippen LogP contribution in [0.15, 0.2) is 16.8 Å². The van der Waals surface area contributed by atoms with Gasteiger partial charge in [-0.05, 0) is 35.5 Å². The summed E-state index contributed by atoms with van der Waals surface area (Å²) in [6.07, 6.45) is 0. The number of hydrogen-bond acceptors (Lipinski definition) is 5. The molecule has 1 fully saturated rings. The van der Waals surface area contributed by atoms with E-state index >= 15 is 0 Å². The molecule has 0 saturated carbocycles. The average molecular weight is 339 g/mol. The normalized spacial score (nSPS) is 16.4. The number of morpholine rings is 1. The molecule has 0 bridgehead atoms. The van der Waals surface area contributed by atoms with Crippen LogP contribution in [0.25, 0.3) is 0 Å². The van der Waals surface area contributed by atoms with Crippen molar-refractivity contribution >= 4 is 23.2 Å². The van der Waals surface area contributed by atoms with Gasteiger partial charge in [0.2, 0.25) is 0 Å². The topological polar surface area (TPSA) is 61.9 Å². The molecule has 1 aliphatic rings. The highest BCUT2D eigenvalue weighted by atomic mass is 32.1. The molecule has 1 N–H and O–H groups in total. The zero-order chi connectivity index (χ0) is 16.7. The van der Waals surface area contributed by atoms with Gasteiger partial charge in [0.25, 0.3) is 0 Å². The third-order valence-corrected chi connectivity index (χ3v) is 4.83. The zero-order valence-electron chi connectivity index (χ0n) is 13.8. The van der Waals surface area contributed by atoms with E-state index < -0.39 is 11.8 Å². The lowest BCUT2D eigenvalue weighted by Crippen LogP contribution is -2.49. The molecule has 0 aliphatic carbocycles. The second kappa shape index (κ2) is 9.00. The molecule has 1 aliphatic heterocycles. The summed E-state index contributed by atoms with van der Waals surface area (Å²) in [5.41, 5.74) is 1.18. The van der Waals surface area contributed by atoms with E-state index in [1.807, 2.05) is 5.38 Å². The fourth-order valence-electron chi connectivity index (χ4n) is 2.76. The second-order valence-corrected chi connectivity index (χ2v) is 6.19. The van der Waals surface area contributed by atoms with Crippen molar-refractivity contribution in [2.24, 2.45) is 0 Å². The minimum Gasteiger partial charge on any atom is -0.378 e. The van der Waals surface area contributed by atoms with Gasteiger partial charge in [0.05, 0.1) is 19.3 Å². The summed E-state index contributed by atoms with van der Waals surface area (Å²) in [5, 5.41) is 6.94. The standard InChI is InChI=1S/C16H25N3O3S/c1-3-18(4-2)14(13-5-10-23-12-13)11-17-15(20)16(21)19-6-8-22-9-7-19/h5,10,12,14H,3-4,6-9,11H2,1-2H3,(H,17,20)/t14-/m1/s1. The first-order chi connectivity index (χ1) is 11.2. The van der Waals surface area contributed by atoms with E-state index in [4.69, 9.17) is 4.74 Å². The first-order valence-electron chi connectivity index (χ1n) is 8.08. The van der Waals surface area contributed by atoms with E-state index in [2.05, 4.69) is 35.5 Å². The van der Waals surface area contributed by atoms with Gasteiger partial charge in [0, 0.05) is 19.6 Å². The molecule has 1 aromatic rings. The van der Waals surface area contributed by atoms with Crippen LogP contribution in [0.3, 0.4) is 0 Å². The molecule has 1 aromatic heterocycles. The van der Waals surface area contributed by atoms with Gasteiger partial charge in [-0.1, -0.05) is 13.8 Å². The van der Waals surface area contributed by atoms with Crippen LogP contribution >= 0.6 is 11.3 Å². The monoisotopic (exact) mass is 339 g/mol. The van der Waals surface area contributed by atoms with Gasteiger partial charge in [-0.3, -0.25) is 14.5 Å². The predicted molar refractivity (Wildman–Crippen MR) is 90.4 cm³/mol. The Balaban J connectivity index is 1.94. The summed E-state index contributed by atoms with van der Waals surface area (Å²) in [5.74, 6) is -0.990. The number of hydrogen-bond donors (Lipinski definition) is 1. The fourth-order valence-corrected chi connectivity index (χ4v) is 3.47. The summed E-state index contributed by atoms with van der Waals surface area (Å²) in [4.78, 5) is 28.1. The summed E-state index contributed by atoms with van der Waals surface area (Å²) >= 11 is 1.64. The minimum atomic E-state index is -0.528. The SMILES string of the molecule is CCN(CC)[C@H](CNC(=O)C(=O)N1CCOCC1)c1ccsc1. The van der Waals surface area contributed by atoms with Crippen LogP contribution < -0.4 is 5.32 Å². The van der Waals surface area contributed by atoms with Gasteiger partial charge >= 0.3 is 11.8 Å². The highest BCUT2D eigenvalue weighted by molar-refractivity contribution is 7.07. The molecule has 2 rings (SSSR count). The Morgan fingerprint density at radius 3 is 2.61 bits per heavy atom. The number of thiophene rings is 1. The number of carbonyl (C=O) groups excluding carboxylic acids is 2. The predicted octanol–water partition coefficient (Wildman–Crippen LogP) is 1.11. The summed E-state index contributed by atoms with van der Waals surface area (Å²) in [6.45, 7) is 8.38. The quantitative estimate of drug-likeness (QED) is 0.789. The summed E-state index contributed by atoms with van der Waals surface area (Å²) in [7, 11) is 0. The zero-order valence-corrected chi connectivity index (χ0v) is 14.6. The lowest BCUT2D eigenvalue weighted by atomic mass is 10.1. The van der Waals surface area contributed by atoms with Crippen molar-refractivity contribution in [3.05, 3.63) is 22.4 Å². The van der Waals surface area contributed by atoms with Crippen LogP contribution in [0.2, 0.25) is 0 Å². The van der Waals surface area contributed by atoms with E-state index in [9.17, 15) is 9.59 Å². The number of carbonyl (C=O) groups is 2. The van der Waals surface area contributed by atoms with Gasteiger partial charge in [-0.2, -0.15) is 11.3 Å². The lowest BCUT2D eigenvalue weighted by molar-refractivity contribution is -0.148. The van der Waals surface area contributed by atoms with E-state index in [-0.39, 0.29) is 6.04 Å². The minimum absolute atomic E-state index is 0.0951. The molecule has 6 nitrogen and oxygen atoms in total. The Morgan fingerprint density at radius 2 is 2.04 bits per heavy atom. The third kappa shape index (κ3) is 4.76. The van der Waals surface area contributed by atoms with Gasteiger partial charge in [-0.25, -0.2) is 0 Å². The average Bonchev–Trinajstić information content (AvgIpc) is 3.12. The molecule has 128 valence electrons. The van der Waals surface area contributed by atoms with Crippen molar-refractivity contribution in [1.82, 2.24) is 15.1 Å².